The first-order valence-corrected chi connectivity index (χ1v) is 15.0. The summed E-state index contributed by atoms with van der Waals surface area (Å²) in [5, 5.41) is 10.3. The summed E-state index contributed by atoms with van der Waals surface area (Å²) in [5.41, 5.74) is 4.32. The van der Waals surface area contributed by atoms with Crippen LogP contribution in [0.1, 0.15) is 87.1 Å². The minimum absolute atomic E-state index is 0.144. The smallest absolute Gasteiger partial charge is 0.318 e. The van der Waals surface area contributed by atoms with Gasteiger partial charge in [-0.25, -0.2) is 0 Å². The second-order valence-electron chi connectivity index (χ2n) is 12.7. The summed E-state index contributed by atoms with van der Waals surface area (Å²) < 4.78 is 13.3. The Kier molecular flexibility index (Phi) is 6.27. The molecular formula is C31H42N4O3. The minimum atomic E-state index is -0.442. The molecule has 3 saturated heterocycles. The first kappa shape index (κ1) is 24.6. The van der Waals surface area contributed by atoms with Crippen molar-refractivity contribution >= 4 is 5.82 Å². The molecule has 1 unspecified atom stereocenters. The Balaban J connectivity index is 1.24. The van der Waals surface area contributed by atoms with Crippen LogP contribution in [-0.4, -0.2) is 58.3 Å². The van der Waals surface area contributed by atoms with Crippen molar-refractivity contribution < 1.29 is 14.6 Å². The van der Waals surface area contributed by atoms with Crippen LogP contribution in [0.5, 0.6) is 11.8 Å². The van der Waals surface area contributed by atoms with Crippen LogP contribution in [0.25, 0.3) is 0 Å². The van der Waals surface area contributed by atoms with Crippen LogP contribution in [0.3, 0.4) is 0 Å². The van der Waals surface area contributed by atoms with Crippen molar-refractivity contribution in [2.45, 2.75) is 95.3 Å². The molecule has 204 valence electrons. The Bertz CT molecular complexity index is 1200. The van der Waals surface area contributed by atoms with E-state index in [0.29, 0.717) is 31.4 Å². The molecule has 0 amide bonds. The highest BCUT2D eigenvalue weighted by Gasteiger charge is 2.48. The second-order valence-corrected chi connectivity index (χ2v) is 12.7. The number of anilines is 1. The normalized spacial score (nSPS) is 31.1. The number of aryl methyl sites for hydroxylation is 1. The van der Waals surface area contributed by atoms with Crippen LogP contribution in [-0.2, 0) is 29.8 Å². The molecule has 0 saturated carbocycles. The first-order chi connectivity index (χ1) is 18.5. The van der Waals surface area contributed by atoms with Gasteiger partial charge < -0.3 is 19.5 Å². The second kappa shape index (κ2) is 9.67. The largest absolute Gasteiger partial charge is 0.508 e. The molecule has 38 heavy (non-hydrogen) atoms. The van der Waals surface area contributed by atoms with Crippen LogP contribution in [0.15, 0.2) is 18.2 Å². The van der Waals surface area contributed by atoms with Gasteiger partial charge in [0.2, 0.25) is 0 Å². The lowest BCUT2D eigenvalue weighted by molar-refractivity contribution is -0.0856. The molecule has 4 aliphatic heterocycles. The van der Waals surface area contributed by atoms with Gasteiger partial charge in [-0.1, -0.05) is 25.8 Å². The number of rotatable bonds is 4. The Morgan fingerprint density at radius 3 is 2.79 bits per heavy atom. The van der Waals surface area contributed by atoms with Crippen LogP contribution in [0, 0.1) is 5.92 Å². The SMILES string of the molecule is C[C@H]1CN2CCC[C@@]2(COc2nc3c(c(N4CCCCCC4)n2)COC2(CCCc4ccc(O)cc42)C3)C1. The maximum Gasteiger partial charge on any atom is 0.318 e. The van der Waals surface area contributed by atoms with Crippen molar-refractivity contribution in [1.82, 2.24) is 14.9 Å². The van der Waals surface area contributed by atoms with E-state index < -0.39 is 5.60 Å². The van der Waals surface area contributed by atoms with Gasteiger partial charge in [0, 0.05) is 31.6 Å². The quantitative estimate of drug-likeness (QED) is 0.602. The topological polar surface area (TPSA) is 71.0 Å². The van der Waals surface area contributed by atoms with E-state index >= 15 is 0 Å². The molecule has 3 atom stereocenters. The lowest BCUT2D eigenvalue weighted by Crippen LogP contribution is -2.44. The highest BCUT2D eigenvalue weighted by atomic mass is 16.5. The summed E-state index contributed by atoms with van der Waals surface area (Å²) in [7, 11) is 0. The van der Waals surface area contributed by atoms with Gasteiger partial charge in [-0.2, -0.15) is 9.97 Å². The number of benzene rings is 1. The van der Waals surface area contributed by atoms with Gasteiger partial charge in [0.15, 0.2) is 0 Å². The monoisotopic (exact) mass is 518 g/mol. The van der Waals surface area contributed by atoms with Gasteiger partial charge >= 0.3 is 6.01 Å². The van der Waals surface area contributed by atoms with Crippen molar-refractivity contribution in [2.75, 3.05) is 37.7 Å². The van der Waals surface area contributed by atoms with Crippen molar-refractivity contribution in [1.29, 1.82) is 0 Å². The maximum absolute atomic E-state index is 10.3. The maximum atomic E-state index is 10.3. The lowest BCUT2D eigenvalue weighted by Gasteiger charge is -2.43. The molecular weight excluding hydrogens is 476 g/mol. The van der Waals surface area contributed by atoms with E-state index in [2.05, 4.69) is 22.8 Å². The number of fused-ring (bicyclic) bond motifs is 4. The van der Waals surface area contributed by atoms with Crippen molar-refractivity contribution in [3.05, 3.63) is 40.6 Å². The van der Waals surface area contributed by atoms with E-state index in [4.69, 9.17) is 19.4 Å². The summed E-state index contributed by atoms with van der Waals surface area (Å²) in [6.45, 7) is 7.97. The molecule has 1 spiro atoms. The number of nitrogens with zero attached hydrogens (tertiary/aromatic N) is 4. The number of ether oxygens (including phenoxy) is 2. The standard InChI is InChI=1S/C31H42N4O3/c1-22-17-30(11-7-15-35(30)19-22)21-37-29-32-27-18-31(12-6-8-23-9-10-24(36)16-26(23)31)38-20-25(27)28(33-29)34-13-4-2-3-5-14-34/h9-10,16,22,36H,2-8,11-15,17-21H2,1H3/t22-,30+,31?/m1/s1. The fourth-order valence-electron chi connectivity index (χ4n) is 8.19. The van der Waals surface area contributed by atoms with Crippen LogP contribution < -0.4 is 9.64 Å². The molecule has 5 heterocycles. The summed E-state index contributed by atoms with van der Waals surface area (Å²) in [5.74, 6) is 2.05. The zero-order chi connectivity index (χ0) is 25.7. The zero-order valence-corrected chi connectivity index (χ0v) is 22.9. The van der Waals surface area contributed by atoms with Crippen LogP contribution in [0.4, 0.5) is 5.82 Å². The first-order valence-electron chi connectivity index (χ1n) is 15.0. The van der Waals surface area contributed by atoms with Gasteiger partial charge in [0.1, 0.15) is 18.2 Å². The Morgan fingerprint density at radius 1 is 1.05 bits per heavy atom. The fraction of sp³-hybridized carbons (Fsp3) is 0.677. The van der Waals surface area contributed by atoms with Gasteiger partial charge in [-0.05, 0) is 87.1 Å². The minimum Gasteiger partial charge on any atom is -0.508 e. The van der Waals surface area contributed by atoms with Gasteiger partial charge in [-0.15, -0.1) is 0 Å². The number of aromatic hydroxyl groups is 1. The highest BCUT2D eigenvalue weighted by Crippen LogP contribution is 2.47. The van der Waals surface area contributed by atoms with E-state index in [1.165, 1.54) is 63.6 Å². The van der Waals surface area contributed by atoms with Gasteiger partial charge in [-0.3, -0.25) is 4.90 Å². The fourth-order valence-corrected chi connectivity index (χ4v) is 8.19. The Hall–Kier alpha value is -2.38. The summed E-state index contributed by atoms with van der Waals surface area (Å²) in [6.07, 6.45) is 12.4. The predicted molar refractivity (Wildman–Crippen MR) is 147 cm³/mol. The molecule has 2 aromatic rings. The molecule has 1 aliphatic carbocycles. The number of phenols is 1. The van der Waals surface area contributed by atoms with E-state index in [-0.39, 0.29) is 5.54 Å². The number of hydrogen-bond donors (Lipinski definition) is 1. The zero-order valence-electron chi connectivity index (χ0n) is 22.9. The summed E-state index contributed by atoms with van der Waals surface area (Å²) in [4.78, 5) is 15.3. The third-order valence-electron chi connectivity index (χ3n) is 9.98. The van der Waals surface area contributed by atoms with E-state index in [9.17, 15) is 5.11 Å². The number of aromatic nitrogens is 2. The van der Waals surface area contributed by atoms with Gasteiger partial charge in [0.05, 0.1) is 23.4 Å². The average Bonchev–Trinajstić information content (AvgIpc) is 3.29. The number of hydrogen-bond acceptors (Lipinski definition) is 7. The molecule has 0 radical (unpaired) electrons. The summed E-state index contributed by atoms with van der Waals surface area (Å²) >= 11 is 0. The molecule has 1 N–H and O–H groups in total. The third kappa shape index (κ3) is 4.26. The van der Waals surface area contributed by atoms with E-state index in [0.717, 1.165) is 60.9 Å². The van der Waals surface area contributed by atoms with Crippen LogP contribution in [0.2, 0.25) is 0 Å². The molecule has 5 aliphatic rings. The molecule has 1 aromatic heterocycles. The van der Waals surface area contributed by atoms with Crippen molar-refractivity contribution in [3.63, 3.8) is 0 Å². The predicted octanol–water partition coefficient (Wildman–Crippen LogP) is 5.12. The molecule has 3 fully saturated rings. The Labute approximate surface area is 226 Å². The number of phenolic OH excluding ortho intramolecular Hbond substituents is 1. The molecule has 1 aromatic carbocycles. The molecule has 7 nitrogen and oxygen atoms in total. The summed E-state index contributed by atoms with van der Waals surface area (Å²) in [6, 6.07) is 6.32. The lowest BCUT2D eigenvalue weighted by atomic mass is 9.75. The van der Waals surface area contributed by atoms with Gasteiger partial charge in [0.25, 0.3) is 0 Å². The highest BCUT2D eigenvalue weighted by molar-refractivity contribution is 5.52. The van der Waals surface area contributed by atoms with E-state index in [1.807, 2.05) is 6.07 Å². The van der Waals surface area contributed by atoms with Crippen molar-refractivity contribution in [3.8, 4) is 11.8 Å². The Morgan fingerprint density at radius 2 is 1.92 bits per heavy atom. The van der Waals surface area contributed by atoms with Crippen LogP contribution >= 0.6 is 0 Å². The molecule has 7 rings (SSSR count). The van der Waals surface area contributed by atoms with Crippen molar-refractivity contribution in [2.24, 2.45) is 5.92 Å². The third-order valence-corrected chi connectivity index (χ3v) is 9.98. The molecule has 0 bridgehead atoms. The molecule has 7 heteroatoms. The van der Waals surface area contributed by atoms with E-state index in [1.54, 1.807) is 6.07 Å². The average molecular weight is 519 g/mol.